The molecule has 0 saturated heterocycles. The van der Waals surface area contributed by atoms with Gasteiger partial charge in [0, 0.05) is 17.9 Å². The third-order valence-corrected chi connectivity index (χ3v) is 2.67. The van der Waals surface area contributed by atoms with Crippen LogP contribution in [-0.2, 0) is 12.8 Å². The summed E-state index contributed by atoms with van der Waals surface area (Å²) in [4.78, 5) is 4.26. The van der Waals surface area contributed by atoms with Gasteiger partial charge < -0.3 is 5.73 Å². The number of nitrogens with two attached hydrogens (primary N) is 1. The first kappa shape index (κ1) is 12.0. The molecule has 0 radical (unpaired) electrons. The van der Waals surface area contributed by atoms with Crippen molar-refractivity contribution in [3.05, 3.63) is 46.3 Å². The Morgan fingerprint density at radius 1 is 1.41 bits per heavy atom. The number of nitrogens with one attached hydrogen (secondary N) is 1. The van der Waals surface area contributed by atoms with Crippen molar-refractivity contribution in [2.24, 2.45) is 5.73 Å². The van der Waals surface area contributed by atoms with Crippen molar-refractivity contribution in [1.29, 1.82) is 0 Å². The Morgan fingerprint density at radius 3 is 2.94 bits per heavy atom. The van der Waals surface area contributed by atoms with Gasteiger partial charge in [0.2, 0.25) is 0 Å². The van der Waals surface area contributed by atoms with Crippen LogP contribution in [-0.4, -0.2) is 21.7 Å². The lowest BCUT2D eigenvalue weighted by atomic mass is 10.1. The van der Waals surface area contributed by atoms with Crippen LogP contribution in [0.15, 0.2) is 18.2 Å². The van der Waals surface area contributed by atoms with E-state index < -0.39 is 0 Å². The summed E-state index contributed by atoms with van der Waals surface area (Å²) in [6.45, 7) is 0.509. The Labute approximate surface area is 103 Å². The second kappa shape index (κ2) is 5.25. The van der Waals surface area contributed by atoms with Gasteiger partial charge in [-0.15, -0.1) is 0 Å². The van der Waals surface area contributed by atoms with Gasteiger partial charge in [0.25, 0.3) is 0 Å². The van der Waals surface area contributed by atoms with Gasteiger partial charge in [-0.3, -0.25) is 5.10 Å². The van der Waals surface area contributed by atoms with Crippen molar-refractivity contribution in [2.75, 3.05) is 6.54 Å². The number of hydrogen-bond acceptors (Lipinski definition) is 3. The molecular formula is C11H12ClFN4. The SMILES string of the molecule is NCCc1n[nH]c(Cc2ccc(F)cc2Cl)n1. The van der Waals surface area contributed by atoms with Crippen molar-refractivity contribution in [3.63, 3.8) is 0 Å². The van der Waals surface area contributed by atoms with E-state index in [0.29, 0.717) is 36.1 Å². The van der Waals surface area contributed by atoms with Crippen molar-refractivity contribution < 1.29 is 4.39 Å². The first-order chi connectivity index (χ1) is 8.19. The van der Waals surface area contributed by atoms with Crippen LogP contribution in [0.4, 0.5) is 4.39 Å². The van der Waals surface area contributed by atoms with Gasteiger partial charge in [-0.2, -0.15) is 5.10 Å². The third kappa shape index (κ3) is 3.01. The Morgan fingerprint density at radius 2 is 2.24 bits per heavy atom. The van der Waals surface area contributed by atoms with E-state index in [0.717, 1.165) is 5.56 Å². The van der Waals surface area contributed by atoms with E-state index >= 15 is 0 Å². The quantitative estimate of drug-likeness (QED) is 0.873. The molecule has 1 heterocycles. The lowest BCUT2D eigenvalue weighted by Crippen LogP contribution is -2.04. The third-order valence-electron chi connectivity index (χ3n) is 2.32. The summed E-state index contributed by atoms with van der Waals surface area (Å²) in [7, 11) is 0. The molecule has 0 bridgehead atoms. The molecule has 0 spiro atoms. The fraction of sp³-hybridized carbons (Fsp3) is 0.273. The van der Waals surface area contributed by atoms with Crippen LogP contribution in [0.2, 0.25) is 5.02 Å². The molecule has 0 aliphatic carbocycles. The smallest absolute Gasteiger partial charge is 0.151 e. The van der Waals surface area contributed by atoms with Crippen LogP contribution >= 0.6 is 11.6 Å². The number of H-pyrrole nitrogens is 1. The van der Waals surface area contributed by atoms with E-state index in [1.165, 1.54) is 12.1 Å². The highest BCUT2D eigenvalue weighted by atomic mass is 35.5. The molecule has 0 unspecified atom stereocenters. The molecular weight excluding hydrogens is 243 g/mol. The second-order valence-electron chi connectivity index (χ2n) is 3.65. The minimum absolute atomic E-state index is 0.347. The number of rotatable bonds is 4. The zero-order chi connectivity index (χ0) is 12.3. The Hall–Kier alpha value is -1.46. The van der Waals surface area contributed by atoms with Gasteiger partial charge in [0.05, 0.1) is 0 Å². The van der Waals surface area contributed by atoms with Gasteiger partial charge in [-0.1, -0.05) is 17.7 Å². The fourth-order valence-corrected chi connectivity index (χ4v) is 1.73. The van der Waals surface area contributed by atoms with Gasteiger partial charge in [0.15, 0.2) is 5.82 Å². The fourth-order valence-electron chi connectivity index (χ4n) is 1.50. The number of benzene rings is 1. The molecule has 1 aromatic heterocycles. The Kier molecular flexibility index (Phi) is 3.71. The highest BCUT2D eigenvalue weighted by molar-refractivity contribution is 6.31. The molecule has 0 aliphatic heterocycles. The van der Waals surface area contributed by atoms with Gasteiger partial charge >= 0.3 is 0 Å². The highest BCUT2D eigenvalue weighted by Crippen LogP contribution is 2.19. The van der Waals surface area contributed by atoms with E-state index in [4.69, 9.17) is 17.3 Å². The average molecular weight is 255 g/mol. The largest absolute Gasteiger partial charge is 0.330 e. The maximum Gasteiger partial charge on any atom is 0.151 e. The van der Waals surface area contributed by atoms with Crippen molar-refractivity contribution >= 4 is 11.6 Å². The van der Waals surface area contributed by atoms with Crippen molar-refractivity contribution in [1.82, 2.24) is 15.2 Å². The average Bonchev–Trinajstić information content (AvgIpc) is 2.71. The van der Waals surface area contributed by atoms with Gasteiger partial charge in [0.1, 0.15) is 11.6 Å². The zero-order valence-corrected chi connectivity index (χ0v) is 9.84. The van der Waals surface area contributed by atoms with Crippen LogP contribution < -0.4 is 5.73 Å². The van der Waals surface area contributed by atoms with E-state index in [1.54, 1.807) is 6.07 Å². The van der Waals surface area contributed by atoms with E-state index in [9.17, 15) is 4.39 Å². The Balaban J connectivity index is 2.13. The number of aromatic amines is 1. The molecule has 17 heavy (non-hydrogen) atoms. The maximum atomic E-state index is 12.9. The molecule has 0 amide bonds. The zero-order valence-electron chi connectivity index (χ0n) is 9.08. The molecule has 1 aromatic carbocycles. The van der Waals surface area contributed by atoms with E-state index in [-0.39, 0.29) is 5.82 Å². The summed E-state index contributed by atoms with van der Waals surface area (Å²) in [6.07, 6.45) is 1.13. The number of hydrogen-bond donors (Lipinski definition) is 2. The number of aromatic nitrogens is 3. The molecule has 2 aromatic rings. The summed E-state index contributed by atoms with van der Waals surface area (Å²) in [5, 5.41) is 7.22. The number of halogens is 2. The summed E-state index contributed by atoms with van der Waals surface area (Å²) in [5.74, 6) is 1.03. The van der Waals surface area contributed by atoms with E-state index in [2.05, 4.69) is 15.2 Å². The lowest BCUT2D eigenvalue weighted by molar-refractivity contribution is 0.627. The molecule has 0 fully saturated rings. The van der Waals surface area contributed by atoms with Crippen LogP contribution in [0.1, 0.15) is 17.2 Å². The van der Waals surface area contributed by atoms with Gasteiger partial charge in [-0.25, -0.2) is 9.37 Å². The normalized spacial score (nSPS) is 10.8. The molecule has 6 heteroatoms. The predicted molar refractivity (Wildman–Crippen MR) is 63.4 cm³/mol. The summed E-state index contributed by atoms with van der Waals surface area (Å²) in [6, 6.07) is 4.30. The summed E-state index contributed by atoms with van der Waals surface area (Å²) in [5.41, 5.74) is 6.22. The minimum Gasteiger partial charge on any atom is -0.330 e. The minimum atomic E-state index is -0.347. The molecule has 4 nitrogen and oxygen atoms in total. The molecule has 0 atom stereocenters. The lowest BCUT2D eigenvalue weighted by Gasteiger charge is -2.01. The molecule has 0 aliphatic rings. The second-order valence-corrected chi connectivity index (χ2v) is 4.06. The van der Waals surface area contributed by atoms with Crippen molar-refractivity contribution in [2.45, 2.75) is 12.8 Å². The van der Waals surface area contributed by atoms with Crippen LogP contribution in [0.25, 0.3) is 0 Å². The molecule has 90 valence electrons. The molecule has 3 N–H and O–H groups in total. The number of nitrogens with zero attached hydrogens (tertiary/aromatic N) is 2. The standard InChI is InChI=1S/C11H12ClFN4/c12-9-6-8(13)2-1-7(9)5-11-15-10(3-4-14)16-17-11/h1-2,6H,3-5,14H2,(H,15,16,17). The molecule has 0 saturated carbocycles. The summed E-state index contributed by atoms with van der Waals surface area (Å²) >= 11 is 5.93. The monoisotopic (exact) mass is 254 g/mol. The summed E-state index contributed by atoms with van der Waals surface area (Å²) < 4.78 is 12.9. The van der Waals surface area contributed by atoms with Crippen LogP contribution in [0, 0.1) is 5.82 Å². The Bertz CT molecular complexity index is 512. The van der Waals surface area contributed by atoms with Crippen LogP contribution in [0.5, 0.6) is 0 Å². The maximum absolute atomic E-state index is 12.9. The predicted octanol–water partition coefficient (Wildman–Crippen LogP) is 1.69. The first-order valence-electron chi connectivity index (χ1n) is 5.23. The van der Waals surface area contributed by atoms with Gasteiger partial charge in [-0.05, 0) is 24.2 Å². The topological polar surface area (TPSA) is 67.6 Å². The van der Waals surface area contributed by atoms with Crippen LogP contribution in [0.3, 0.4) is 0 Å². The highest BCUT2D eigenvalue weighted by Gasteiger charge is 2.07. The molecule has 2 rings (SSSR count). The van der Waals surface area contributed by atoms with Crippen molar-refractivity contribution in [3.8, 4) is 0 Å². The first-order valence-corrected chi connectivity index (χ1v) is 5.61. The van der Waals surface area contributed by atoms with E-state index in [1.807, 2.05) is 0 Å².